The second-order valence-electron chi connectivity index (χ2n) is 4.84. The third-order valence-electron chi connectivity index (χ3n) is 3.49. The maximum atomic E-state index is 11.9. The van der Waals surface area contributed by atoms with Crippen molar-refractivity contribution in [1.29, 1.82) is 0 Å². The highest BCUT2D eigenvalue weighted by Gasteiger charge is 2.19. The number of hydrogen-bond acceptors (Lipinski definition) is 1. The minimum absolute atomic E-state index is 0.000362. The van der Waals surface area contributed by atoms with Crippen molar-refractivity contribution in [2.24, 2.45) is 0 Å². The number of rotatable bonds is 2. The van der Waals surface area contributed by atoms with Crippen molar-refractivity contribution >= 4 is 40.1 Å². The third kappa shape index (κ3) is 2.69. The average molecular weight is 398 g/mol. The van der Waals surface area contributed by atoms with Gasteiger partial charge < -0.3 is 5.32 Å². The maximum absolute atomic E-state index is 11.9. The van der Waals surface area contributed by atoms with Crippen molar-refractivity contribution in [2.75, 3.05) is 6.54 Å². The summed E-state index contributed by atoms with van der Waals surface area (Å²) in [5, 5.41) is 2.64. The van der Waals surface area contributed by atoms with Gasteiger partial charge >= 0.3 is 0 Å². The molecule has 2 aromatic rings. The molecule has 1 N–H and O–H groups in total. The van der Waals surface area contributed by atoms with Crippen molar-refractivity contribution in [3.05, 3.63) is 68.3 Å². The summed E-state index contributed by atoms with van der Waals surface area (Å²) in [6, 6.07) is 14.1. The number of halogens is 2. The largest absolute Gasteiger partial charge is 0.352 e. The molecule has 3 rings (SSSR count). The molecule has 1 aliphatic rings. The molecule has 0 aromatic heterocycles. The molecule has 0 bridgehead atoms. The Bertz CT molecular complexity index is 671. The van der Waals surface area contributed by atoms with E-state index in [9.17, 15) is 4.79 Å². The molecule has 0 radical (unpaired) electrons. The average Bonchev–Trinajstić information content (AvgIpc) is 2.47. The quantitative estimate of drug-likeness (QED) is 0.604. The third-order valence-corrected chi connectivity index (χ3v) is 4.67. The summed E-state index contributed by atoms with van der Waals surface area (Å²) in [6.07, 6.45) is 0.886. The molecule has 1 amide bonds. The molecule has 1 aliphatic heterocycles. The summed E-state index contributed by atoms with van der Waals surface area (Å²) in [5.41, 5.74) is 3.87. The van der Waals surface area contributed by atoms with Crippen LogP contribution < -0.4 is 5.32 Å². The Labute approximate surface area is 136 Å². The molecule has 0 spiro atoms. The first kappa shape index (κ1) is 13.9. The van der Waals surface area contributed by atoms with E-state index in [0.717, 1.165) is 32.2 Å². The molecule has 1 heterocycles. The van der Waals surface area contributed by atoms with Crippen LogP contribution in [0.3, 0.4) is 0 Å². The Balaban J connectivity index is 1.98. The van der Waals surface area contributed by atoms with E-state index >= 15 is 0 Å². The van der Waals surface area contributed by atoms with Gasteiger partial charge in [-0.15, -0.1) is 11.6 Å². The van der Waals surface area contributed by atoms with Crippen LogP contribution in [0.5, 0.6) is 0 Å². The summed E-state index contributed by atoms with van der Waals surface area (Å²) >= 11 is 8.83. The normalized spacial score (nSPS) is 15.4. The first-order valence-electron chi connectivity index (χ1n) is 6.46. The first-order chi connectivity index (χ1) is 9.65. The molecular formula is C16H13ClINO. The van der Waals surface area contributed by atoms with E-state index in [1.807, 2.05) is 36.4 Å². The first-order valence-corrected chi connectivity index (χ1v) is 7.97. The number of carbonyl (C=O) groups is 1. The van der Waals surface area contributed by atoms with E-state index < -0.39 is 0 Å². The Kier molecular flexibility index (Phi) is 3.98. The van der Waals surface area contributed by atoms with E-state index in [-0.39, 0.29) is 11.3 Å². The van der Waals surface area contributed by atoms with E-state index in [0.29, 0.717) is 6.54 Å². The molecular weight excluding hydrogens is 385 g/mol. The van der Waals surface area contributed by atoms with Crippen LogP contribution in [0.2, 0.25) is 0 Å². The highest BCUT2D eigenvalue weighted by Crippen LogP contribution is 2.31. The number of carbonyl (C=O) groups excluding carboxylic acids is 1. The summed E-state index contributed by atoms with van der Waals surface area (Å²) in [4.78, 5) is 11.9. The molecule has 0 aliphatic carbocycles. The van der Waals surface area contributed by atoms with Gasteiger partial charge in [0.2, 0.25) is 0 Å². The van der Waals surface area contributed by atoms with Gasteiger partial charge in [-0.3, -0.25) is 4.79 Å². The number of fused-ring (bicyclic) bond motifs is 1. The van der Waals surface area contributed by atoms with Crippen LogP contribution >= 0.6 is 34.2 Å². The number of nitrogens with one attached hydrogen (secondary N) is 1. The van der Waals surface area contributed by atoms with Crippen molar-refractivity contribution in [1.82, 2.24) is 5.32 Å². The molecule has 2 aromatic carbocycles. The van der Waals surface area contributed by atoms with Crippen molar-refractivity contribution in [2.45, 2.75) is 11.8 Å². The second-order valence-corrected chi connectivity index (χ2v) is 6.52. The fourth-order valence-electron chi connectivity index (χ4n) is 2.44. The Morgan fingerprint density at radius 2 is 1.95 bits per heavy atom. The molecule has 0 saturated carbocycles. The topological polar surface area (TPSA) is 29.1 Å². The highest BCUT2D eigenvalue weighted by atomic mass is 127. The van der Waals surface area contributed by atoms with E-state index in [1.165, 1.54) is 0 Å². The van der Waals surface area contributed by atoms with Gasteiger partial charge in [0.05, 0.1) is 5.38 Å². The molecule has 4 heteroatoms. The van der Waals surface area contributed by atoms with Gasteiger partial charge in [-0.05, 0) is 63.9 Å². The van der Waals surface area contributed by atoms with Crippen LogP contribution in [0.1, 0.15) is 32.4 Å². The molecule has 1 unspecified atom stereocenters. The minimum Gasteiger partial charge on any atom is -0.352 e. The predicted molar refractivity (Wildman–Crippen MR) is 89.3 cm³/mol. The van der Waals surface area contributed by atoms with Crippen LogP contribution in [-0.4, -0.2) is 12.5 Å². The van der Waals surface area contributed by atoms with Crippen LogP contribution in [-0.2, 0) is 6.42 Å². The number of alkyl halides is 1. The predicted octanol–water partition coefficient (Wildman–Crippen LogP) is 3.91. The monoisotopic (exact) mass is 397 g/mol. The number of benzene rings is 2. The zero-order chi connectivity index (χ0) is 14.1. The minimum atomic E-state index is -0.232. The van der Waals surface area contributed by atoms with Crippen LogP contribution in [0.25, 0.3) is 0 Å². The zero-order valence-corrected chi connectivity index (χ0v) is 13.6. The molecule has 0 saturated heterocycles. The van der Waals surface area contributed by atoms with Gasteiger partial charge in [0.1, 0.15) is 0 Å². The van der Waals surface area contributed by atoms with Crippen molar-refractivity contribution < 1.29 is 4.79 Å². The molecule has 20 heavy (non-hydrogen) atoms. The number of amides is 1. The standard InChI is InChI=1S/C16H13ClINO/c17-15(11-2-1-3-13(18)8-11)12-5-4-10-6-7-19-16(20)14(10)9-12/h1-5,8-9,15H,6-7H2,(H,19,20). The lowest BCUT2D eigenvalue weighted by atomic mass is 9.95. The Morgan fingerprint density at radius 1 is 1.15 bits per heavy atom. The SMILES string of the molecule is O=C1NCCc2ccc(C(Cl)c3cccc(I)c3)cc21. The van der Waals surface area contributed by atoms with Crippen LogP contribution in [0.15, 0.2) is 42.5 Å². The van der Waals surface area contributed by atoms with Gasteiger partial charge in [0.25, 0.3) is 5.91 Å². The van der Waals surface area contributed by atoms with E-state index in [4.69, 9.17) is 11.6 Å². The van der Waals surface area contributed by atoms with E-state index in [2.05, 4.69) is 34.0 Å². The van der Waals surface area contributed by atoms with Gasteiger partial charge in [0.15, 0.2) is 0 Å². The molecule has 1 atom stereocenters. The molecule has 2 nitrogen and oxygen atoms in total. The van der Waals surface area contributed by atoms with Crippen LogP contribution in [0, 0.1) is 3.57 Å². The second kappa shape index (κ2) is 5.74. The lowest BCUT2D eigenvalue weighted by molar-refractivity contribution is 0.0946. The Hall–Kier alpha value is -1.07. The molecule has 0 fully saturated rings. The van der Waals surface area contributed by atoms with E-state index in [1.54, 1.807) is 0 Å². The van der Waals surface area contributed by atoms with Crippen LogP contribution in [0.4, 0.5) is 0 Å². The molecule has 102 valence electrons. The summed E-state index contributed by atoms with van der Waals surface area (Å²) in [7, 11) is 0. The fraction of sp³-hybridized carbons (Fsp3) is 0.188. The summed E-state index contributed by atoms with van der Waals surface area (Å²) < 4.78 is 1.15. The fourth-order valence-corrected chi connectivity index (χ4v) is 3.28. The Morgan fingerprint density at radius 3 is 2.75 bits per heavy atom. The highest BCUT2D eigenvalue weighted by molar-refractivity contribution is 14.1. The van der Waals surface area contributed by atoms with Crippen molar-refractivity contribution in [3.8, 4) is 0 Å². The smallest absolute Gasteiger partial charge is 0.251 e. The van der Waals surface area contributed by atoms with Gasteiger partial charge in [0, 0.05) is 15.7 Å². The summed E-state index contributed by atoms with van der Waals surface area (Å²) in [5.74, 6) is -0.000362. The lowest BCUT2D eigenvalue weighted by Gasteiger charge is -2.19. The summed E-state index contributed by atoms with van der Waals surface area (Å²) in [6.45, 7) is 0.715. The van der Waals surface area contributed by atoms with Crippen molar-refractivity contribution in [3.63, 3.8) is 0 Å². The zero-order valence-electron chi connectivity index (χ0n) is 10.7. The van der Waals surface area contributed by atoms with Gasteiger partial charge in [-0.25, -0.2) is 0 Å². The lowest BCUT2D eigenvalue weighted by Crippen LogP contribution is -2.31. The van der Waals surface area contributed by atoms with Gasteiger partial charge in [-0.1, -0.05) is 24.3 Å². The maximum Gasteiger partial charge on any atom is 0.251 e. The van der Waals surface area contributed by atoms with Gasteiger partial charge in [-0.2, -0.15) is 0 Å². The number of hydrogen-bond donors (Lipinski definition) is 1.